The summed E-state index contributed by atoms with van der Waals surface area (Å²) in [5, 5.41) is 0. The van der Waals surface area contributed by atoms with E-state index in [2.05, 4.69) is 11.8 Å². The van der Waals surface area contributed by atoms with Gasteiger partial charge in [0.15, 0.2) is 0 Å². The van der Waals surface area contributed by atoms with E-state index in [1.165, 1.54) is 6.42 Å². The molecule has 1 aliphatic heterocycles. The minimum atomic E-state index is 0.194. The predicted octanol–water partition coefficient (Wildman–Crippen LogP) is 0.916. The Labute approximate surface area is 62.2 Å². The van der Waals surface area contributed by atoms with Gasteiger partial charge in [-0.1, -0.05) is 6.92 Å². The highest BCUT2D eigenvalue weighted by atomic mass is 16.1. The maximum absolute atomic E-state index is 11.0. The van der Waals surface area contributed by atoms with Crippen LogP contribution >= 0.6 is 0 Å². The van der Waals surface area contributed by atoms with Crippen molar-refractivity contribution in [3.05, 3.63) is 0 Å². The number of likely N-dealkylation sites (N-methyl/N-ethyl adjacent to an activating group) is 1. The van der Waals surface area contributed by atoms with Gasteiger partial charge in [0, 0.05) is 0 Å². The van der Waals surface area contributed by atoms with Crippen molar-refractivity contribution in [2.45, 2.75) is 26.3 Å². The van der Waals surface area contributed by atoms with Gasteiger partial charge in [-0.25, -0.2) is 0 Å². The van der Waals surface area contributed by atoms with Gasteiger partial charge in [-0.2, -0.15) is 0 Å². The lowest BCUT2D eigenvalue weighted by Gasteiger charge is -2.18. The van der Waals surface area contributed by atoms with Crippen LogP contribution in [0.5, 0.6) is 0 Å². The molecule has 2 nitrogen and oxygen atoms in total. The van der Waals surface area contributed by atoms with Gasteiger partial charge in [0.2, 0.25) is 0 Å². The van der Waals surface area contributed by atoms with Crippen molar-refractivity contribution in [1.29, 1.82) is 0 Å². The van der Waals surface area contributed by atoms with Gasteiger partial charge in [-0.15, -0.1) is 0 Å². The van der Waals surface area contributed by atoms with Crippen LogP contribution in [-0.4, -0.2) is 30.3 Å². The normalized spacial score (nSPS) is 34.7. The van der Waals surface area contributed by atoms with E-state index < -0.39 is 0 Å². The first kappa shape index (κ1) is 7.73. The van der Waals surface area contributed by atoms with Crippen molar-refractivity contribution in [3.8, 4) is 0 Å². The summed E-state index contributed by atoms with van der Waals surface area (Å²) in [5.41, 5.74) is 0. The van der Waals surface area contributed by atoms with Gasteiger partial charge in [0.25, 0.3) is 0 Å². The standard InChI is InChI=1S/C8H15NO/c1-6-4-5-9(3)8(6)7(2)10/h6,8H,4-5H2,1-3H3/t6-,8?/m0/s1. The maximum atomic E-state index is 11.0. The van der Waals surface area contributed by atoms with E-state index >= 15 is 0 Å². The van der Waals surface area contributed by atoms with Gasteiger partial charge in [-0.3, -0.25) is 9.69 Å². The van der Waals surface area contributed by atoms with E-state index in [9.17, 15) is 4.79 Å². The monoisotopic (exact) mass is 141 g/mol. The van der Waals surface area contributed by atoms with Crippen LogP contribution in [0.15, 0.2) is 0 Å². The molecule has 1 unspecified atom stereocenters. The molecule has 0 amide bonds. The van der Waals surface area contributed by atoms with Crippen molar-refractivity contribution >= 4 is 5.78 Å². The second-order valence-corrected chi connectivity index (χ2v) is 3.30. The third kappa shape index (κ3) is 1.21. The zero-order valence-corrected chi connectivity index (χ0v) is 6.92. The number of ketones is 1. The fraction of sp³-hybridized carbons (Fsp3) is 0.875. The first-order valence-corrected chi connectivity index (χ1v) is 3.83. The molecule has 1 aliphatic rings. The number of hydrogen-bond donors (Lipinski definition) is 0. The van der Waals surface area contributed by atoms with Gasteiger partial charge >= 0.3 is 0 Å². The number of likely N-dealkylation sites (tertiary alicyclic amines) is 1. The fourth-order valence-electron chi connectivity index (χ4n) is 1.85. The average molecular weight is 141 g/mol. The summed E-state index contributed by atoms with van der Waals surface area (Å²) < 4.78 is 0. The number of hydrogen-bond acceptors (Lipinski definition) is 2. The number of carbonyl (C=O) groups excluding carboxylic acids is 1. The Bertz CT molecular complexity index is 134. The highest BCUT2D eigenvalue weighted by Crippen LogP contribution is 2.22. The highest BCUT2D eigenvalue weighted by molar-refractivity contribution is 5.82. The molecule has 0 N–H and O–H groups in total. The Kier molecular flexibility index (Phi) is 2.09. The minimum Gasteiger partial charge on any atom is -0.298 e. The minimum absolute atomic E-state index is 0.194. The summed E-state index contributed by atoms with van der Waals surface area (Å²) in [6, 6.07) is 0.194. The molecule has 1 heterocycles. The molecule has 0 aromatic carbocycles. The summed E-state index contributed by atoms with van der Waals surface area (Å²) in [7, 11) is 2.02. The molecule has 58 valence electrons. The summed E-state index contributed by atoms with van der Waals surface area (Å²) in [6.45, 7) is 4.91. The largest absolute Gasteiger partial charge is 0.298 e. The fourth-order valence-corrected chi connectivity index (χ4v) is 1.85. The quantitative estimate of drug-likeness (QED) is 0.541. The summed E-state index contributed by atoms with van der Waals surface area (Å²) in [4.78, 5) is 13.2. The van der Waals surface area contributed by atoms with Crippen molar-refractivity contribution in [2.24, 2.45) is 5.92 Å². The number of Topliss-reactive ketones (excluding diaryl/α,β-unsaturated/α-hetero) is 1. The highest BCUT2D eigenvalue weighted by Gasteiger charge is 2.31. The molecule has 0 saturated carbocycles. The maximum Gasteiger partial charge on any atom is 0.147 e. The second kappa shape index (κ2) is 2.70. The van der Waals surface area contributed by atoms with Crippen LogP contribution < -0.4 is 0 Å². The SMILES string of the molecule is CC(=O)C1[C@@H](C)CCN1C. The van der Waals surface area contributed by atoms with E-state index in [4.69, 9.17) is 0 Å². The third-order valence-electron chi connectivity index (χ3n) is 2.37. The predicted molar refractivity (Wildman–Crippen MR) is 40.9 cm³/mol. The first-order valence-electron chi connectivity index (χ1n) is 3.83. The van der Waals surface area contributed by atoms with E-state index in [1.54, 1.807) is 6.92 Å². The molecule has 10 heavy (non-hydrogen) atoms. The van der Waals surface area contributed by atoms with E-state index in [-0.39, 0.29) is 6.04 Å². The first-order chi connectivity index (χ1) is 4.63. The van der Waals surface area contributed by atoms with Crippen molar-refractivity contribution < 1.29 is 4.79 Å². The topological polar surface area (TPSA) is 20.3 Å². The summed E-state index contributed by atoms with van der Waals surface area (Å²) in [6.07, 6.45) is 1.17. The van der Waals surface area contributed by atoms with Crippen molar-refractivity contribution in [2.75, 3.05) is 13.6 Å². The van der Waals surface area contributed by atoms with Crippen LogP contribution in [0.1, 0.15) is 20.3 Å². The molecular formula is C8H15NO. The number of rotatable bonds is 1. The van der Waals surface area contributed by atoms with Crippen molar-refractivity contribution in [1.82, 2.24) is 4.90 Å². The molecule has 2 heteroatoms. The Morgan fingerprint density at radius 3 is 2.40 bits per heavy atom. The summed E-state index contributed by atoms with van der Waals surface area (Å²) in [5.74, 6) is 0.870. The molecule has 1 rings (SSSR count). The molecule has 0 aromatic heterocycles. The zero-order chi connectivity index (χ0) is 7.72. The molecule has 0 spiro atoms. The number of nitrogens with zero attached hydrogens (tertiary/aromatic N) is 1. The third-order valence-corrected chi connectivity index (χ3v) is 2.37. The van der Waals surface area contributed by atoms with E-state index in [0.717, 1.165) is 6.54 Å². The lowest BCUT2D eigenvalue weighted by Crippen LogP contribution is -2.34. The second-order valence-electron chi connectivity index (χ2n) is 3.30. The van der Waals surface area contributed by atoms with E-state index in [0.29, 0.717) is 11.7 Å². The molecule has 0 radical (unpaired) electrons. The van der Waals surface area contributed by atoms with Crippen LogP contribution in [0.2, 0.25) is 0 Å². The van der Waals surface area contributed by atoms with Gasteiger partial charge < -0.3 is 0 Å². The molecule has 0 aromatic rings. The van der Waals surface area contributed by atoms with Crippen LogP contribution in [0.25, 0.3) is 0 Å². The Morgan fingerprint density at radius 1 is 1.60 bits per heavy atom. The molecule has 2 atom stereocenters. The van der Waals surface area contributed by atoms with Gasteiger partial charge in [0.05, 0.1) is 6.04 Å². The molecule has 0 aliphatic carbocycles. The van der Waals surface area contributed by atoms with Gasteiger partial charge in [-0.05, 0) is 32.9 Å². The average Bonchev–Trinajstić information content (AvgIpc) is 2.11. The van der Waals surface area contributed by atoms with Crippen LogP contribution in [0, 0.1) is 5.92 Å². The van der Waals surface area contributed by atoms with Crippen molar-refractivity contribution in [3.63, 3.8) is 0 Å². The van der Waals surface area contributed by atoms with E-state index in [1.807, 2.05) is 7.05 Å². The lowest BCUT2D eigenvalue weighted by atomic mass is 10.0. The summed E-state index contributed by atoms with van der Waals surface area (Å²) >= 11 is 0. The van der Waals surface area contributed by atoms with Crippen LogP contribution in [-0.2, 0) is 4.79 Å². The Hall–Kier alpha value is -0.370. The smallest absolute Gasteiger partial charge is 0.147 e. The van der Waals surface area contributed by atoms with Gasteiger partial charge in [0.1, 0.15) is 5.78 Å². The molecular weight excluding hydrogens is 126 g/mol. The lowest BCUT2D eigenvalue weighted by molar-refractivity contribution is -0.121. The Balaban J connectivity index is 2.63. The Morgan fingerprint density at radius 2 is 2.20 bits per heavy atom. The zero-order valence-electron chi connectivity index (χ0n) is 6.92. The molecule has 1 saturated heterocycles. The number of carbonyl (C=O) groups is 1. The van der Waals surface area contributed by atoms with Crippen LogP contribution in [0.3, 0.4) is 0 Å². The molecule has 0 bridgehead atoms. The molecule has 1 fully saturated rings. The van der Waals surface area contributed by atoms with Crippen LogP contribution in [0.4, 0.5) is 0 Å².